The Morgan fingerprint density at radius 2 is 1.92 bits per heavy atom. The van der Waals surface area contributed by atoms with Crippen molar-refractivity contribution in [1.29, 1.82) is 0 Å². The average molecular weight is 337 g/mol. The van der Waals surface area contributed by atoms with Crippen molar-refractivity contribution in [2.75, 3.05) is 5.32 Å². The van der Waals surface area contributed by atoms with Gasteiger partial charge in [-0.2, -0.15) is 0 Å². The van der Waals surface area contributed by atoms with Crippen LogP contribution in [0.25, 0.3) is 11.0 Å². The van der Waals surface area contributed by atoms with E-state index < -0.39 is 11.1 Å². The van der Waals surface area contributed by atoms with Gasteiger partial charge in [0.15, 0.2) is 0 Å². The fraction of sp³-hybridized carbons (Fsp3) is 0.211. The molecule has 3 aromatic rings. The van der Waals surface area contributed by atoms with Gasteiger partial charge in [-0.05, 0) is 49.2 Å². The van der Waals surface area contributed by atoms with Crippen molar-refractivity contribution in [3.8, 4) is 0 Å². The predicted molar refractivity (Wildman–Crippen MR) is 98.3 cm³/mol. The molecule has 1 heterocycles. The second-order valence-corrected chi connectivity index (χ2v) is 5.74. The summed E-state index contributed by atoms with van der Waals surface area (Å²) in [7, 11) is 0. The van der Waals surface area contributed by atoms with E-state index in [9.17, 15) is 14.4 Å². The van der Waals surface area contributed by atoms with Gasteiger partial charge in [-0.1, -0.05) is 19.1 Å². The van der Waals surface area contributed by atoms with Gasteiger partial charge < -0.3 is 14.9 Å². The summed E-state index contributed by atoms with van der Waals surface area (Å²) >= 11 is 0. The molecule has 0 aliphatic heterocycles. The molecular weight excluding hydrogens is 318 g/mol. The first-order valence-corrected chi connectivity index (χ1v) is 8.20. The summed E-state index contributed by atoms with van der Waals surface area (Å²) in [5.41, 5.74) is 2.03. The smallest absolute Gasteiger partial charge is 0.316 e. The lowest BCUT2D eigenvalue weighted by Crippen LogP contribution is -2.36. The Bertz CT molecular complexity index is 1060. The summed E-state index contributed by atoms with van der Waals surface area (Å²) in [6.07, 6.45) is 0.884. The number of H-pyrrole nitrogens is 1. The zero-order valence-corrected chi connectivity index (χ0v) is 14.1. The largest absolute Gasteiger partial charge is 0.322 e. The Hall–Kier alpha value is -3.15. The fourth-order valence-corrected chi connectivity index (χ4v) is 2.81. The van der Waals surface area contributed by atoms with E-state index in [4.69, 9.17) is 0 Å². The van der Waals surface area contributed by atoms with Crippen LogP contribution in [0, 0.1) is 0 Å². The van der Waals surface area contributed by atoms with Crippen molar-refractivity contribution in [3.63, 3.8) is 0 Å². The molecule has 6 nitrogen and oxygen atoms in total. The Labute approximate surface area is 144 Å². The van der Waals surface area contributed by atoms with Crippen LogP contribution in [-0.2, 0) is 13.0 Å². The molecule has 1 aromatic heterocycles. The number of carbonyl (C=O) groups excluding carboxylic acids is 1. The molecule has 0 unspecified atom stereocenters. The van der Waals surface area contributed by atoms with Crippen molar-refractivity contribution in [1.82, 2.24) is 9.55 Å². The van der Waals surface area contributed by atoms with Crippen molar-refractivity contribution in [2.45, 2.75) is 26.8 Å². The predicted octanol–water partition coefficient (Wildman–Crippen LogP) is 2.52. The zero-order valence-electron chi connectivity index (χ0n) is 14.1. The highest BCUT2D eigenvalue weighted by atomic mass is 16.2. The fourth-order valence-electron chi connectivity index (χ4n) is 2.81. The number of aryl methyl sites for hydroxylation is 2. The maximum atomic E-state index is 12.5. The van der Waals surface area contributed by atoms with E-state index in [2.05, 4.69) is 10.3 Å². The van der Waals surface area contributed by atoms with Crippen molar-refractivity contribution in [2.24, 2.45) is 0 Å². The minimum Gasteiger partial charge on any atom is -0.322 e. The molecule has 0 saturated carbocycles. The maximum absolute atomic E-state index is 12.5. The molecule has 2 aromatic carbocycles. The van der Waals surface area contributed by atoms with Gasteiger partial charge in [-0.25, -0.2) is 0 Å². The minimum atomic E-state index is -0.692. The number of carbonyl (C=O) groups is 1. The van der Waals surface area contributed by atoms with E-state index in [1.165, 1.54) is 4.57 Å². The van der Waals surface area contributed by atoms with Crippen LogP contribution in [0.4, 0.5) is 5.69 Å². The first-order valence-electron chi connectivity index (χ1n) is 8.20. The Morgan fingerprint density at radius 3 is 2.64 bits per heavy atom. The molecule has 0 fully saturated rings. The van der Waals surface area contributed by atoms with E-state index in [1.54, 1.807) is 25.1 Å². The number of rotatable bonds is 4. The van der Waals surface area contributed by atoms with Crippen molar-refractivity contribution in [3.05, 3.63) is 74.3 Å². The molecule has 0 spiro atoms. The van der Waals surface area contributed by atoms with E-state index in [1.807, 2.05) is 31.2 Å². The lowest BCUT2D eigenvalue weighted by molar-refractivity contribution is 0.102. The number of benzene rings is 2. The number of fused-ring (bicyclic) bond motifs is 1. The molecule has 0 radical (unpaired) electrons. The second kappa shape index (κ2) is 6.76. The summed E-state index contributed by atoms with van der Waals surface area (Å²) in [6.45, 7) is 4.23. The molecule has 25 heavy (non-hydrogen) atoms. The zero-order chi connectivity index (χ0) is 18.0. The quantitative estimate of drug-likeness (QED) is 0.718. The van der Waals surface area contributed by atoms with Crippen LogP contribution in [0.5, 0.6) is 0 Å². The number of nitrogens with one attached hydrogen (secondary N) is 2. The first kappa shape index (κ1) is 16.7. The van der Waals surface area contributed by atoms with Gasteiger partial charge in [0.25, 0.3) is 5.91 Å². The molecule has 3 rings (SSSR count). The highest BCUT2D eigenvalue weighted by molar-refractivity contribution is 6.05. The molecule has 0 bridgehead atoms. The third-order valence-electron chi connectivity index (χ3n) is 4.15. The summed E-state index contributed by atoms with van der Waals surface area (Å²) in [6, 6.07) is 12.6. The molecule has 0 atom stereocenters. The van der Waals surface area contributed by atoms with Crippen molar-refractivity contribution >= 4 is 22.6 Å². The number of hydrogen-bond donors (Lipinski definition) is 2. The van der Waals surface area contributed by atoms with Crippen LogP contribution in [0.1, 0.15) is 29.8 Å². The van der Waals surface area contributed by atoms with Crippen LogP contribution in [0.15, 0.2) is 52.1 Å². The van der Waals surface area contributed by atoms with Gasteiger partial charge in [0.2, 0.25) is 0 Å². The van der Waals surface area contributed by atoms with E-state index in [-0.39, 0.29) is 5.91 Å². The molecule has 0 aliphatic carbocycles. The Morgan fingerprint density at radius 1 is 1.12 bits per heavy atom. The minimum absolute atomic E-state index is 0.273. The number of aromatic amines is 1. The summed E-state index contributed by atoms with van der Waals surface area (Å²) < 4.78 is 1.39. The van der Waals surface area contributed by atoms with Crippen LogP contribution in [0.2, 0.25) is 0 Å². The molecule has 2 N–H and O–H groups in total. The van der Waals surface area contributed by atoms with Crippen LogP contribution >= 0.6 is 0 Å². The Kier molecular flexibility index (Phi) is 4.52. The van der Waals surface area contributed by atoms with Gasteiger partial charge in [0.05, 0.1) is 11.0 Å². The summed E-state index contributed by atoms with van der Waals surface area (Å²) in [5, 5.41) is 2.85. The summed E-state index contributed by atoms with van der Waals surface area (Å²) in [5.74, 6) is -0.273. The third kappa shape index (κ3) is 3.24. The normalized spacial score (nSPS) is 10.8. The Balaban J connectivity index is 1.98. The lowest BCUT2D eigenvalue weighted by Gasteiger charge is -2.10. The lowest BCUT2D eigenvalue weighted by atomic mass is 10.1. The topological polar surface area (TPSA) is 84.0 Å². The molecule has 0 saturated heterocycles. The highest BCUT2D eigenvalue weighted by Gasteiger charge is 2.11. The highest BCUT2D eigenvalue weighted by Crippen LogP contribution is 2.15. The standard InChI is InChI=1S/C19H19N3O3/c1-3-12-6-5-7-14(10-12)20-17(23)13-8-9-16-15(11-13)21-18(24)19(25)22(16)4-2/h5-11H,3-4H2,1-2H3,(H,20,23)(H,21,24). The SMILES string of the molecule is CCc1cccc(NC(=O)c2ccc3c(c2)[nH]c(=O)c(=O)n3CC)c1. The molecular formula is C19H19N3O3. The van der Waals surface area contributed by atoms with Crippen LogP contribution in [0.3, 0.4) is 0 Å². The average Bonchev–Trinajstić information content (AvgIpc) is 2.62. The summed E-state index contributed by atoms with van der Waals surface area (Å²) in [4.78, 5) is 38.7. The molecule has 6 heteroatoms. The second-order valence-electron chi connectivity index (χ2n) is 5.74. The van der Waals surface area contributed by atoms with E-state index >= 15 is 0 Å². The molecule has 0 aliphatic rings. The number of anilines is 1. The third-order valence-corrected chi connectivity index (χ3v) is 4.15. The number of nitrogens with zero attached hydrogens (tertiary/aromatic N) is 1. The van der Waals surface area contributed by atoms with Gasteiger partial charge >= 0.3 is 11.1 Å². The van der Waals surface area contributed by atoms with E-state index in [0.717, 1.165) is 17.7 Å². The number of aromatic nitrogens is 2. The number of amides is 1. The first-order chi connectivity index (χ1) is 12.0. The van der Waals surface area contributed by atoms with Crippen LogP contribution in [-0.4, -0.2) is 15.5 Å². The van der Waals surface area contributed by atoms with Crippen molar-refractivity contribution < 1.29 is 4.79 Å². The van der Waals surface area contributed by atoms with Gasteiger partial charge in [-0.15, -0.1) is 0 Å². The van der Waals surface area contributed by atoms with E-state index in [0.29, 0.717) is 23.1 Å². The van der Waals surface area contributed by atoms with Gasteiger partial charge in [-0.3, -0.25) is 14.4 Å². The van der Waals surface area contributed by atoms with Gasteiger partial charge in [0, 0.05) is 17.8 Å². The molecule has 1 amide bonds. The monoisotopic (exact) mass is 337 g/mol. The molecule has 128 valence electrons. The number of hydrogen-bond acceptors (Lipinski definition) is 3. The van der Waals surface area contributed by atoms with Gasteiger partial charge in [0.1, 0.15) is 0 Å². The maximum Gasteiger partial charge on any atom is 0.316 e. The van der Waals surface area contributed by atoms with Crippen LogP contribution < -0.4 is 16.4 Å².